The number of carbonyl (C=O) groups is 1. The molecule has 82 valence electrons. The molecule has 0 radical (unpaired) electrons. The lowest BCUT2D eigenvalue weighted by Crippen LogP contribution is -2.18. The third kappa shape index (κ3) is 5.12. The first kappa shape index (κ1) is 11.7. The predicted octanol–water partition coefficient (Wildman–Crippen LogP) is 0.745. The van der Waals surface area contributed by atoms with Crippen molar-refractivity contribution in [2.75, 3.05) is 6.54 Å². The van der Waals surface area contributed by atoms with Crippen LogP contribution in [0.15, 0.2) is 18.5 Å². The topological polar surface area (TPSA) is 68.0 Å². The molecule has 15 heavy (non-hydrogen) atoms. The van der Waals surface area contributed by atoms with Crippen molar-refractivity contribution >= 4 is 5.91 Å². The third-order valence-corrected chi connectivity index (χ3v) is 2.04. The van der Waals surface area contributed by atoms with Crippen molar-refractivity contribution in [1.29, 1.82) is 0 Å². The van der Waals surface area contributed by atoms with Crippen molar-refractivity contribution in [3.8, 4) is 0 Å². The predicted molar refractivity (Wildman–Crippen MR) is 59.1 cm³/mol. The fourth-order valence-electron chi connectivity index (χ4n) is 1.33. The van der Waals surface area contributed by atoms with Crippen molar-refractivity contribution in [3.05, 3.63) is 29.6 Å². The summed E-state index contributed by atoms with van der Waals surface area (Å²) in [5.41, 5.74) is 7.35. The number of aromatic nitrogens is 1. The molecule has 0 atom stereocenters. The van der Waals surface area contributed by atoms with Gasteiger partial charge in [0.05, 0.1) is 0 Å². The summed E-state index contributed by atoms with van der Waals surface area (Å²) in [5, 5.41) is 3.24. The molecule has 0 aliphatic carbocycles. The van der Waals surface area contributed by atoms with Crippen LogP contribution in [-0.4, -0.2) is 17.4 Å². The van der Waals surface area contributed by atoms with Gasteiger partial charge in [-0.25, -0.2) is 0 Å². The molecule has 0 aliphatic rings. The molecule has 0 bridgehead atoms. The lowest BCUT2D eigenvalue weighted by Gasteiger charge is -2.04. The molecule has 0 saturated carbocycles. The van der Waals surface area contributed by atoms with Gasteiger partial charge in [0.1, 0.15) is 0 Å². The number of nitrogens with two attached hydrogens (primary N) is 1. The van der Waals surface area contributed by atoms with Gasteiger partial charge in [-0.05, 0) is 31.0 Å². The van der Waals surface area contributed by atoms with E-state index >= 15 is 0 Å². The van der Waals surface area contributed by atoms with Crippen LogP contribution in [0.25, 0.3) is 0 Å². The lowest BCUT2D eigenvalue weighted by atomic mass is 10.2. The molecule has 0 fully saturated rings. The Bertz CT molecular complexity index is 325. The van der Waals surface area contributed by atoms with Gasteiger partial charge in [0.2, 0.25) is 5.91 Å². The molecule has 3 N–H and O–H groups in total. The van der Waals surface area contributed by atoms with E-state index in [2.05, 4.69) is 16.4 Å². The third-order valence-electron chi connectivity index (χ3n) is 2.04. The van der Waals surface area contributed by atoms with Gasteiger partial charge in [-0.2, -0.15) is 0 Å². The van der Waals surface area contributed by atoms with Crippen molar-refractivity contribution in [2.24, 2.45) is 5.73 Å². The van der Waals surface area contributed by atoms with Crippen LogP contribution in [0.4, 0.5) is 0 Å². The Morgan fingerprint density at radius 3 is 3.00 bits per heavy atom. The van der Waals surface area contributed by atoms with Gasteiger partial charge < -0.3 is 11.1 Å². The van der Waals surface area contributed by atoms with Crippen LogP contribution in [0, 0.1) is 6.92 Å². The van der Waals surface area contributed by atoms with Crippen LogP contribution in [0.3, 0.4) is 0 Å². The minimum absolute atomic E-state index is 0.242. The highest BCUT2D eigenvalue weighted by molar-refractivity contribution is 5.73. The van der Waals surface area contributed by atoms with Crippen LogP contribution in [0.2, 0.25) is 0 Å². The van der Waals surface area contributed by atoms with Crippen LogP contribution in [0.1, 0.15) is 24.0 Å². The molecular formula is C11H17N3O. The van der Waals surface area contributed by atoms with Crippen LogP contribution in [-0.2, 0) is 11.3 Å². The van der Waals surface area contributed by atoms with Crippen molar-refractivity contribution in [3.63, 3.8) is 0 Å². The Hall–Kier alpha value is -1.42. The Balaban J connectivity index is 2.17. The molecular weight excluding hydrogens is 190 g/mol. The summed E-state index contributed by atoms with van der Waals surface area (Å²) in [5.74, 6) is -0.242. The maximum atomic E-state index is 10.5. The molecule has 0 spiro atoms. The summed E-state index contributed by atoms with van der Waals surface area (Å²) in [6.07, 6.45) is 4.90. The highest BCUT2D eigenvalue weighted by atomic mass is 16.1. The number of nitrogens with zero attached hydrogens (tertiary/aromatic N) is 1. The molecule has 4 heteroatoms. The molecule has 1 heterocycles. The number of pyridine rings is 1. The van der Waals surface area contributed by atoms with Gasteiger partial charge in [0.15, 0.2) is 0 Å². The van der Waals surface area contributed by atoms with Gasteiger partial charge >= 0.3 is 0 Å². The minimum Gasteiger partial charge on any atom is -0.370 e. The van der Waals surface area contributed by atoms with Crippen LogP contribution < -0.4 is 11.1 Å². The second-order valence-corrected chi connectivity index (χ2v) is 3.62. The largest absolute Gasteiger partial charge is 0.370 e. The van der Waals surface area contributed by atoms with Gasteiger partial charge in [0.25, 0.3) is 0 Å². The smallest absolute Gasteiger partial charge is 0.217 e. The molecule has 1 aromatic heterocycles. The Morgan fingerprint density at radius 1 is 1.53 bits per heavy atom. The fraction of sp³-hybridized carbons (Fsp3) is 0.455. The zero-order valence-electron chi connectivity index (χ0n) is 8.99. The standard InChI is InChI=1S/C11H17N3O/c1-9-5-10(8-14-6-9)7-13-4-2-3-11(12)15/h5-6,8,13H,2-4,7H2,1H3,(H2,12,15). The maximum absolute atomic E-state index is 10.5. The summed E-state index contributed by atoms with van der Waals surface area (Å²) >= 11 is 0. The van der Waals surface area contributed by atoms with E-state index in [1.54, 1.807) is 0 Å². The monoisotopic (exact) mass is 207 g/mol. The summed E-state index contributed by atoms with van der Waals surface area (Å²) in [6, 6.07) is 2.09. The first-order chi connectivity index (χ1) is 7.18. The zero-order valence-corrected chi connectivity index (χ0v) is 8.99. The molecule has 0 unspecified atom stereocenters. The zero-order chi connectivity index (χ0) is 11.1. The first-order valence-corrected chi connectivity index (χ1v) is 5.08. The summed E-state index contributed by atoms with van der Waals surface area (Å²) < 4.78 is 0. The van der Waals surface area contributed by atoms with E-state index in [0.717, 1.165) is 30.6 Å². The average molecular weight is 207 g/mol. The molecule has 0 saturated heterocycles. The molecule has 1 aromatic rings. The summed E-state index contributed by atoms with van der Waals surface area (Å²) in [4.78, 5) is 14.6. The van der Waals surface area contributed by atoms with Gasteiger partial charge in [-0.3, -0.25) is 9.78 Å². The molecule has 1 amide bonds. The Labute approximate surface area is 89.9 Å². The quantitative estimate of drug-likeness (QED) is 0.676. The number of hydrogen-bond acceptors (Lipinski definition) is 3. The summed E-state index contributed by atoms with van der Waals surface area (Å²) in [7, 11) is 0. The van der Waals surface area contributed by atoms with E-state index in [-0.39, 0.29) is 5.91 Å². The van der Waals surface area contributed by atoms with Crippen LogP contribution >= 0.6 is 0 Å². The first-order valence-electron chi connectivity index (χ1n) is 5.08. The molecule has 0 aliphatic heterocycles. The Kier molecular flexibility index (Phi) is 4.77. The number of hydrogen-bond donors (Lipinski definition) is 2. The number of carbonyl (C=O) groups excluding carboxylic acids is 1. The van der Waals surface area contributed by atoms with E-state index in [1.807, 2.05) is 19.3 Å². The van der Waals surface area contributed by atoms with Gasteiger partial charge in [-0.1, -0.05) is 6.07 Å². The summed E-state index contributed by atoms with van der Waals surface area (Å²) in [6.45, 7) is 3.61. The van der Waals surface area contributed by atoms with E-state index in [1.165, 1.54) is 0 Å². The lowest BCUT2D eigenvalue weighted by molar-refractivity contribution is -0.118. The Morgan fingerprint density at radius 2 is 2.33 bits per heavy atom. The minimum atomic E-state index is -0.242. The number of amides is 1. The normalized spacial score (nSPS) is 10.2. The van der Waals surface area contributed by atoms with E-state index in [9.17, 15) is 4.79 Å². The second-order valence-electron chi connectivity index (χ2n) is 3.62. The van der Waals surface area contributed by atoms with Crippen molar-refractivity contribution < 1.29 is 4.79 Å². The van der Waals surface area contributed by atoms with E-state index < -0.39 is 0 Å². The van der Waals surface area contributed by atoms with E-state index in [4.69, 9.17) is 5.73 Å². The molecule has 4 nitrogen and oxygen atoms in total. The van der Waals surface area contributed by atoms with Gasteiger partial charge in [-0.15, -0.1) is 0 Å². The van der Waals surface area contributed by atoms with E-state index in [0.29, 0.717) is 6.42 Å². The maximum Gasteiger partial charge on any atom is 0.217 e. The number of nitrogens with one attached hydrogen (secondary N) is 1. The molecule has 0 aromatic carbocycles. The number of primary amides is 1. The SMILES string of the molecule is Cc1cncc(CNCCCC(N)=O)c1. The van der Waals surface area contributed by atoms with Crippen molar-refractivity contribution in [1.82, 2.24) is 10.3 Å². The average Bonchev–Trinajstić information content (AvgIpc) is 2.17. The van der Waals surface area contributed by atoms with Crippen LogP contribution in [0.5, 0.6) is 0 Å². The number of aryl methyl sites for hydroxylation is 1. The highest BCUT2D eigenvalue weighted by Crippen LogP contribution is 2.00. The second kappa shape index (κ2) is 6.14. The molecule has 1 rings (SSSR count). The highest BCUT2D eigenvalue weighted by Gasteiger charge is 1.95. The fourth-order valence-corrected chi connectivity index (χ4v) is 1.33. The van der Waals surface area contributed by atoms with Crippen molar-refractivity contribution in [2.45, 2.75) is 26.3 Å². The number of rotatable bonds is 6. The van der Waals surface area contributed by atoms with Gasteiger partial charge in [0, 0.05) is 25.4 Å².